The normalized spacial score (nSPS) is 17.3. The highest BCUT2D eigenvalue weighted by molar-refractivity contribution is 7.99. The molecule has 0 spiro atoms. The van der Waals surface area contributed by atoms with Gasteiger partial charge in [-0.1, -0.05) is 38.8 Å². The molecule has 0 aliphatic carbocycles. The predicted molar refractivity (Wildman–Crippen MR) is 147 cm³/mol. The Morgan fingerprint density at radius 1 is 0.788 bits per heavy atom. The highest BCUT2D eigenvalue weighted by Crippen LogP contribution is 2.30. The predicted octanol–water partition coefficient (Wildman–Crippen LogP) is 5.91. The maximum Gasteiger partial charge on any atom is 0.138 e. The minimum Gasteiger partial charge on any atom is -0.302 e. The Labute approximate surface area is 216 Å². The van der Waals surface area contributed by atoms with E-state index in [1.807, 2.05) is 11.8 Å². The van der Waals surface area contributed by atoms with Crippen molar-refractivity contribution in [3.63, 3.8) is 0 Å². The molecule has 2 aromatic rings. The maximum absolute atomic E-state index is 4.49. The van der Waals surface area contributed by atoms with Crippen LogP contribution in [-0.4, -0.2) is 79.1 Å². The Hall–Kier alpha value is -0.780. The third kappa shape index (κ3) is 8.43. The van der Waals surface area contributed by atoms with Gasteiger partial charge in [0.05, 0.1) is 23.5 Å². The molecule has 0 saturated carbocycles. The quantitative estimate of drug-likeness (QED) is 0.296. The minimum atomic E-state index is 1.00. The van der Waals surface area contributed by atoms with Crippen LogP contribution in [-0.2, 0) is 0 Å². The molecule has 2 aromatic heterocycles. The van der Waals surface area contributed by atoms with E-state index in [0.29, 0.717) is 0 Å². The summed E-state index contributed by atoms with van der Waals surface area (Å²) < 4.78 is 17.7. The standard InChI is InChI=1S/C13H21N3S2.C10H15N3S2/c1-3-4-5-9-17-13-12(14-18-15-13)11-7-6-8-16(2)10-11;1-3-14-10-9(11-15-12-10)8-5-4-6-13(2)7-8/h7H,3-6,8-10H2,1-2H3;5H,3-4,6-7H2,1-2H3. The summed E-state index contributed by atoms with van der Waals surface area (Å²) in [5, 5.41) is 2.24. The van der Waals surface area contributed by atoms with Crippen LogP contribution in [0.25, 0.3) is 11.1 Å². The molecule has 0 bridgehead atoms. The van der Waals surface area contributed by atoms with Crippen molar-refractivity contribution in [2.75, 3.05) is 51.8 Å². The molecule has 0 unspecified atom stereocenters. The smallest absolute Gasteiger partial charge is 0.138 e. The summed E-state index contributed by atoms with van der Waals surface area (Å²) >= 11 is 6.31. The molecular weight excluding hydrogens is 489 g/mol. The fourth-order valence-corrected chi connectivity index (χ4v) is 6.88. The summed E-state index contributed by atoms with van der Waals surface area (Å²) in [6.07, 6.45) is 10.7. The lowest BCUT2D eigenvalue weighted by Gasteiger charge is -2.22. The van der Waals surface area contributed by atoms with Crippen molar-refractivity contribution < 1.29 is 0 Å². The van der Waals surface area contributed by atoms with E-state index < -0.39 is 0 Å². The highest BCUT2D eigenvalue weighted by Gasteiger charge is 2.18. The number of hydrogen-bond acceptors (Lipinski definition) is 10. The molecule has 0 amide bonds. The molecule has 4 rings (SSSR count). The van der Waals surface area contributed by atoms with Crippen molar-refractivity contribution in [1.29, 1.82) is 0 Å². The number of rotatable bonds is 9. The van der Waals surface area contributed by atoms with Crippen LogP contribution in [0.15, 0.2) is 22.2 Å². The fraction of sp³-hybridized carbons (Fsp3) is 0.652. The second kappa shape index (κ2) is 14.6. The molecular formula is C23H36N6S4. The highest BCUT2D eigenvalue weighted by atomic mass is 32.2. The Kier molecular flexibility index (Phi) is 11.8. The molecule has 2 aliphatic heterocycles. The Morgan fingerprint density at radius 2 is 1.33 bits per heavy atom. The molecule has 182 valence electrons. The van der Waals surface area contributed by atoms with Gasteiger partial charge < -0.3 is 9.80 Å². The SMILES string of the molecule is CCCCCSc1nsnc1C1=CCCN(C)C1.CCSc1nsnc1C1=CCCN(C)C1. The van der Waals surface area contributed by atoms with Gasteiger partial charge in [-0.05, 0) is 56.0 Å². The number of thioether (sulfide) groups is 2. The van der Waals surface area contributed by atoms with Crippen LogP contribution in [0.3, 0.4) is 0 Å². The van der Waals surface area contributed by atoms with Crippen LogP contribution in [0.4, 0.5) is 0 Å². The van der Waals surface area contributed by atoms with Crippen LogP contribution in [0.5, 0.6) is 0 Å². The summed E-state index contributed by atoms with van der Waals surface area (Å²) in [6, 6.07) is 0. The second-order valence-corrected chi connectivity index (χ2v) is 11.7. The lowest BCUT2D eigenvalue weighted by molar-refractivity contribution is 0.372. The van der Waals surface area contributed by atoms with E-state index >= 15 is 0 Å². The van der Waals surface area contributed by atoms with Crippen molar-refractivity contribution in [2.45, 2.75) is 56.0 Å². The molecule has 10 heteroatoms. The fourth-order valence-electron chi connectivity index (χ4n) is 3.73. The Morgan fingerprint density at radius 3 is 1.82 bits per heavy atom. The first kappa shape index (κ1) is 26.8. The molecule has 0 atom stereocenters. The Bertz CT molecular complexity index is 906. The maximum atomic E-state index is 4.49. The first-order chi connectivity index (χ1) is 16.1. The van der Waals surface area contributed by atoms with E-state index in [2.05, 4.69) is 67.4 Å². The zero-order valence-corrected chi connectivity index (χ0v) is 23.5. The van der Waals surface area contributed by atoms with Crippen LogP contribution in [0.1, 0.15) is 57.3 Å². The summed E-state index contributed by atoms with van der Waals surface area (Å²) in [5.41, 5.74) is 4.94. The number of likely N-dealkylation sites (N-methyl/N-ethyl adjacent to an activating group) is 2. The number of nitrogens with zero attached hydrogens (tertiary/aromatic N) is 6. The van der Waals surface area contributed by atoms with Gasteiger partial charge in [-0.15, -0.1) is 23.5 Å². The molecule has 0 saturated heterocycles. The van der Waals surface area contributed by atoms with E-state index in [1.54, 1.807) is 11.8 Å². The van der Waals surface area contributed by atoms with Gasteiger partial charge in [0.2, 0.25) is 0 Å². The monoisotopic (exact) mass is 524 g/mol. The van der Waals surface area contributed by atoms with E-state index in [-0.39, 0.29) is 0 Å². The topological polar surface area (TPSA) is 58.0 Å². The van der Waals surface area contributed by atoms with E-state index in [9.17, 15) is 0 Å². The van der Waals surface area contributed by atoms with Crippen molar-refractivity contribution in [1.82, 2.24) is 27.3 Å². The average molecular weight is 525 g/mol. The average Bonchev–Trinajstić information content (AvgIpc) is 3.47. The van der Waals surface area contributed by atoms with Gasteiger partial charge in [-0.2, -0.15) is 17.5 Å². The van der Waals surface area contributed by atoms with Crippen LogP contribution in [0, 0.1) is 0 Å². The number of hydrogen-bond donors (Lipinski definition) is 0. The Balaban J connectivity index is 0.000000189. The lowest BCUT2D eigenvalue weighted by atomic mass is 10.1. The van der Waals surface area contributed by atoms with Gasteiger partial charge >= 0.3 is 0 Å². The van der Waals surface area contributed by atoms with Crippen molar-refractivity contribution in [3.05, 3.63) is 23.5 Å². The first-order valence-corrected chi connectivity index (χ1v) is 15.2. The van der Waals surface area contributed by atoms with Crippen LogP contribution in [0.2, 0.25) is 0 Å². The largest absolute Gasteiger partial charge is 0.302 e. The molecule has 0 fully saturated rings. The van der Waals surface area contributed by atoms with E-state index in [4.69, 9.17) is 0 Å². The first-order valence-electron chi connectivity index (χ1n) is 11.8. The number of unbranched alkanes of at least 4 members (excludes halogenated alkanes) is 2. The molecule has 0 radical (unpaired) electrons. The van der Waals surface area contributed by atoms with Crippen molar-refractivity contribution >= 4 is 58.1 Å². The third-order valence-corrected chi connectivity index (χ3v) is 8.66. The molecule has 0 N–H and O–H groups in total. The molecule has 6 nitrogen and oxygen atoms in total. The molecule has 2 aliphatic rings. The van der Waals surface area contributed by atoms with Crippen LogP contribution < -0.4 is 0 Å². The van der Waals surface area contributed by atoms with E-state index in [1.165, 1.54) is 53.9 Å². The zero-order chi connectivity index (χ0) is 23.5. The van der Waals surface area contributed by atoms with Gasteiger partial charge in [0.25, 0.3) is 0 Å². The van der Waals surface area contributed by atoms with Crippen molar-refractivity contribution in [3.8, 4) is 0 Å². The molecule has 33 heavy (non-hydrogen) atoms. The molecule has 4 heterocycles. The summed E-state index contributed by atoms with van der Waals surface area (Å²) in [7, 11) is 4.32. The minimum absolute atomic E-state index is 1.00. The van der Waals surface area contributed by atoms with Gasteiger partial charge in [-0.25, -0.2) is 0 Å². The van der Waals surface area contributed by atoms with Crippen molar-refractivity contribution in [2.24, 2.45) is 0 Å². The summed E-state index contributed by atoms with van der Waals surface area (Å²) in [5.74, 6) is 2.22. The summed E-state index contributed by atoms with van der Waals surface area (Å²) in [6.45, 7) is 8.70. The third-order valence-electron chi connectivity index (χ3n) is 5.48. The van der Waals surface area contributed by atoms with Gasteiger partial charge in [0.15, 0.2) is 0 Å². The lowest BCUT2D eigenvalue weighted by Crippen LogP contribution is -2.25. The van der Waals surface area contributed by atoms with E-state index in [0.717, 1.165) is 72.0 Å². The molecule has 0 aromatic carbocycles. The number of aromatic nitrogens is 4. The summed E-state index contributed by atoms with van der Waals surface area (Å²) in [4.78, 5) is 4.68. The van der Waals surface area contributed by atoms with Crippen LogP contribution >= 0.6 is 47.0 Å². The van der Waals surface area contributed by atoms with Gasteiger partial charge in [0.1, 0.15) is 21.4 Å². The zero-order valence-electron chi connectivity index (χ0n) is 20.2. The second-order valence-electron chi connectivity index (χ2n) is 8.34. The van der Waals surface area contributed by atoms with Gasteiger partial charge in [-0.3, -0.25) is 0 Å². The van der Waals surface area contributed by atoms with Gasteiger partial charge in [0, 0.05) is 26.2 Å².